The number of nitrogens with one attached hydrogen (secondary N) is 3. The Bertz CT molecular complexity index is 1240. The van der Waals surface area contributed by atoms with E-state index in [0.29, 0.717) is 30.6 Å². The van der Waals surface area contributed by atoms with Crippen molar-refractivity contribution in [2.45, 2.75) is 45.8 Å². The molecule has 12 heteroatoms. The van der Waals surface area contributed by atoms with Gasteiger partial charge in [0.1, 0.15) is 30.0 Å². The van der Waals surface area contributed by atoms with Crippen LogP contribution in [0.2, 0.25) is 0 Å². The first-order valence-corrected chi connectivity index (χ1v) is 12.7. The number of aromatic nitrogens is 4. The fraction of sp³-hybridized carbons (Fsp3) is 0.500. The molecule has 3 amide bonds. The van der Waals surface area contributed by atoms with Crippen molar-refractivity contribution in [3.63, 3.8) is 0 Å². The number of aromatic amines is 1. The molecule has 0 saturated carbocycles. The van der Waals surface area contributed by atoms with Gasteiger partial charge in [-0.25, -0.2) is 24.5 Å². The zero-order valence-corrected chi connectivity index (χ0v) is 22.5. The number of likely N-dealkylation sites (tertiary alicyclic amines) is 1. The van der Waals surface area contributed by atoms with Crippen LogP contribution in [-0.2, 0) is 4.74 Å². The highest BCUT2D eigenvalue weighted by atomic mass is 16.6. The first-order valence-electron chi connectivity index (χ1n) is 12.7. The van der Waals surface area contributed by atoms with Crippen molar-refractivity contribution in [2.24, 2.45) is 5.92 Å². The van der Waals surface area contributed by atoms with Crippen molar-refractivity contribution >= 4 is 34.7 Å². The lowest BCUT2D eigenvalue weighted by Gasteiger charge is -2.42. The van der Waals surface area contributed by atoms with Crippen LogP contribution in [-0.4, -0.2) is 81.9 Å². The molecule has 1 fully saturated rings. The van der Waals surface area contributed by atoms with Gasteiger partial charge < -0.3 is 34.9 Å². The van der Waals surface area contributed by atoms with E-state index in [1.165, 1.54) is 0 Å². The van der Waals surface area contributed by atoms with E-state index < -0.39 is 11.7 Å². The fourth-order valence-corrected chi connectivity index (χ4v) is 4.40. The zero-order valence-electron chi connectivity index (χ0n) is 22.5. The summed E-state index contributed by atoms with van der Waals surface area (Å²) in [5, 5.41) is 6.51. The maximum Gasteiger partial charge on any atom is 0.407 e. The standard InChI is InChI=1S/C26H36N8O4/c1-17-9-12-34(15-20(17)33(5)23-19-8-10-27-22(19)30-16-31-23)24(35)32-18-6-7-21(29-14-18)37-13-11-28-25(36)38-26(2,3)4/h6-8,10,14,16-17,20H,9,11-13,15H2,1-5H3,(H,28,36)(H,32,35)(H,27,30,31). The minimum absolute atomic E-state index is 0.102. The summed E-state index contributed by atoms with van der Waals surface area (Å²) in [4.78, 5) is 44.9. The maximum atomic E-state index is 13.1. The van der Waals surface area contributed by atoms with Crippen LogP contribution in [0.5, 0.6) is 5.88 Å². The number of pyridine rings is 1. The lowest BCUT2D eigenvalue weighted by molar-refractivity contribution is 0.0520. The summed E-state index contributed by atoms with van der Waals surface area (Å²) in [5.74, 6) is 1.62. The van der Waals surface area contributed by atoms with Crippen molar-refractivity contribution in [3.05, 3.63) is 36.9 Å². The average Bonchev–Trinajstić information content (AvgIpc) is 3.35. The molecule has 2 atom stereocenters. The number of amides is 3. The molecule has 3 N–H and O–H groups in total. The Balaban J connectivity index is 1.28. The minimum atomic E-state index is -0.553. The van der Waals surface area contributed by atoms with Crippen molar-refractivity contribution in [1.82, 2.24) is 30.2 Å². The zero-order chi connectivity index (χ0) is 27.3. The molecule has 1 saturated heterocycles. The molecule has 38 heavy (non-hydrogen) atoms. The van der Waals surface area contributed by atoms with Gasteiger partial charge in [-0.15, -0.1) is 0 Å². The number of H-pyrrole nitrogens is 1. The van der Waals surface area contributed by atoms with E-state index in [4.69, 9.17) is 9.47 Å². The summed E-state index contributed by atoms with van der Waals surface area (Å²) in [7, 11) is 2.02. The molecule has 0 aliphatic carbocycles. The van der Waals surface area contributed by atoms with Crippen LogP contribution in [0.25, 0.3) is 11.0 Å². The molecule has 0 spiro atoms. The van der Waals surface area contributed by atoms with Gasteiger partial charge >= 0.3 is 12.1 Å². The highest BCUT2D eigenvalue weighted by Crippen LogP contribution is 2.29. The van der Waals surface area contributed by atoms with Crippen molar-refractivity contribution in [3.8, 4) is 5.88 Å². The predicted octanol–water partition coefficient (Wildman–Crippen LogP) is 3.64. The number of nitrogens with zero attached hydrogens (tertiary/aromatic N) is 5. The van der Waals surface area contributed by atoms with E-state index in [9.17, 15) is 9.59 Å². The van der Waals surface area contributed by atoms with Crippen LogP contribution < -0.4 is 20.3 Å². The number of hydrogen-bond acceptors (Lipinski definition) is 8. The normalized spacial score (nSPS) is 17.7. The molecule has 4 rings (SSSR count). The van der Waals surface area contributed by atoms with Crippen LogP contribution in [0.1, 0.15) is 34.1 Å². The smallest absolute Gasteiger partial charge is 0.407 e. The SMILES string of the molecule is CC1CCN(C(=O)Nc2ccc(OCCNC(=O)OC(C)(C)C)nc2)CC1N(C)c1ncnc2[nH]ccc12. The average molecular weight is 525 g/mol. The summed E-state index contributed by atoms with van der Waals surface area (Å²) in [6.45, 7) is 9.36. The topological polar surface area (TPSA) is 138 Å². The fourth-order valence-electron chi connectivity index (χ4n) is 4.40. The Hall–Kier alpha value is -4.09. The molecule has 3 aromatic heterocycles. The van der Waals surface area contributed by atoms with Crippen molar-refractivity contribution in [1.29, 1.82) is 0 Å². The highest BCUT2D eigenvalue weighted by molar-refractivity contribution is 5.90. The first-order chi connectivity index (χ1) is 18.1. The summed E-state index contributed by atoms with van der Waals surface area (Å²) >= 11 is 0. The number of likely N-dealkylation sites (N-methyl/N-ethyl adjacent to an activating group) is 1. The molecule has 0 aromatic carbocycles. The number of urea groups is 1. The molecule has 1 aliphatic rings. The number of ether oxygens (including phenoxy) is 2. The van der Waals surface area contributed by atoms with Gasteiger partial charge in [-0.3, -0.25) is 0 Å². The van der Waals surface area contributed by atoms with E-state index in [2.05, 4.69) is 42.4 Å². The lowest BCUT2D eigenvalue weighted by atomic mass is 9.92. The third kappa shape index (κ3) is 6.81. The van der Waals surface area contributed by atoms with E-state index in [1.807, 2.05) is 24.2 Å². The Morgan fingerprint density at radius 1 is 1.21 bits per heavy atom. The van der Waals surface area contributed by atoms with Crippen LogP contribution in [0.4, 0.5) is 21.1 Å². The lowest BCUT2D eigenvalue weighted by Crippen LogP contribution is -2.53. The number of hydrogen-bond donors (Lipinski definition) is 3. The van der Waals surface area contributed by atoms with Crippen molar-refractivity contribution < 1.29 is 19.1 Å². The van der Waals surface area contributed by atoms with Crippen LogP contribution in [0, 0.1) is 5.92 Å². The molecule has 3 aromatic rings. The molecular formula is C26H36N8O4. The van der Waals surface area contributed by atoms with Gasteiger partial charge in [-0.1, -0.05) is 6.92 Å². The number of carbonyl (C=O) groups excluding carboxylic acids is 2. The summed E-state index contributed by atoms with van der Waals surface area (Å²) in [5.41, 5.74) is 0.809. The van der Waals surface area contributed by atoms with E-state index in [-0.39, 0.29) is 25.2 Å². The van der Waals surface area contributed by atoms with Crippen molar-refractivity contribution in [2.75, 3.05) is 43.5 Å². The quantitative estimate of drug-likeness (QED) is 0.399. The van der Waals surface area contributed by atoms with Gasteiger partial charge in [-0.2, -0.15) is 0 Å². The molecule has 0 bridgehead atoms. The van der Waals surface area contributed by atoms with Gasteiger partial charge in [0, 0.05) is 32.4 Å². The Labute approximate surface area is 222 Å². The van der Waals surface area contributed by atoms with Gasteiger partial charge in [0.05, 0.1) is 29.9 Å². The number of carbonyl (C=O) groups is 2. The predicted molar refractivity (Wildman–Crippen MR) is 144 cm³/mol. The van der Waals surface area contributed by atoms with E-state index >= 15 is 0 Å². The Morgan fingerprint density at radius 3 is 2.76 bits per heavy atom. The molecule has 2 unspecified atom stereocenters. The number of anilines is 2. The second-order valence-electron chi connectivity index (χ2n) is 10.4. The largest absolute Gasteiger partial charge is 0.476 e. The summed E-state index contributed by atoms with van der Waals surface area (Å²) < 4.78 is 10.7. The maximum absolute atomic E-state index is 13.1. The number of piperidine rings is 1. The van der Waals surface area contributed by atoms with E-state index in [0.717, 1.165) is 23.3 Å². The number of fused-ring (bicyclic) bond motifs is 1. The highest BCUT2D eigenvalue weighted by Gasteiger charge is 2.33. The second-order valence-corrected chi connectivity index (χ2v) is 10.4. The molecule has 12 nitrogen and oxygen atoms in total. The van der Waals surface area contributed by atoms with Gasteiger partial charge in [0.15, 0.2) is 0 Å². The third-order valence-corrected chi connectivity index (χ3v) is 6.38. The third-order valence-electron chi connectivity index (χ3n) is 6.38. The Morgan fingerprint density at radius 2 is 2.03 bits per heavy atom. The molecule has 1 aliphatic heterocycles. The monoisotopic (exact) mass is 524 g/mol. The molecule has 0 radical (unpaired) electrons. The number of alkyl carbamates (subject to hydrolysis) is 1. The van der Waals surface area contributed by atoms with E-state index in [1.54, 1.807) is 45.4 Å². The van der Waals surface area contributed by atoms with Crippen LogP contribution in [0.3, 0.4) is 0 Å². The second kappa shape index (κ2) is 11.5. The van der Waals surface area contributed by atoms with Gasteiger partial charge in [-0.05, 0) is 45.2 Å². The van der Waals surface area contributed by atoms with Gasteiger partial charge in [0.2, 0.25) is 5.88 Å². The number of rotatable bonds is 7. The first kappa shape index (κ1) is 27.0. The summed E-state index contributed by atoms with van der Waals surface area (Å²) in [6, 6.07) is 5.31. The minimum Gasteiger partial charge on any atom is -0.476 e. The van der Waals surface area contributed by atoms with Crippen LogP contribution in [0.15, 0.2) is 36.9 Å². The van der Waals surface area contributed by atoms with Gasteiger partial charge in [0.25, 0.3) is 0 Å². The molecular weight excluding hydrogens is 488 g/mol. The summed E-state index contributed by atoms with van der Waals surface area (Å²) in [6.07, 6.45) is 5.34. The van der Waals surface area contributed by atoms with Crippen LogP contribution >= 0.6 is 0 Å². The molecule has 204 valence electrons. The Kier molecular flexibility index (Phi) is 8.18. The molecule has 4 heterocycles.